The van der Waals surface area contributed by atoms with Gasteiger partial charge in [-0.1, -0.05) is 18.2 Å². The summed E-state index contributed by atoms with van der Waals surface area (Å²) in [6.45, 7) is 3.08. The summed E-state index contributed by atoms with van der Waals surface area (Å²) < 4.78 is 0. The minimum Gasteiger partial charge on any atom is -0.353 e. The predicted molar refractivity (Wildman–Crippen MR) is 66.3 cm³/mol. The highest BCUT2D eigenvalue weighted by Gasteiger charge is 2.18. The van der Waals surface area contributed by atoms with Crippen molar-refractivity contribution in [1.82, 2.24) is 5.32 Å². The van der Waals surface area contributed by atoms with E-state index in [2.05, 4.69) is 5.32 Å². The van der Waals surface area contributed by atoms with Crippen molar-refractivity contribution in [2.45, 2.75) is 20.0 Å². The van der Waals surface area contributed by atoms with Crippen molar-refractivity contribution in [3.8, 4) is 0 Å². The first-order valence-corrected chi connectivity index (χ1v) is 5.37. The van der Waals surface area contributed by atoms with Crippen molar-refractivity contribution in [2.75, 3.05) is 11.4 Å². The van der Waals surface area contributed by atoms with Gasteiger partial charge in [0.1, 0.15) is 6.17 Å². The molecule has 0 spiro atoms. The van der Waals surface area contributed by atoms with Crippen LogP contribution in [0.5, 0.6) is 0 Å². The fourth-order valence-corrected chi connectivity index (χ4v) is 1.53. The molecule has 1 unspecified atom stereocenters. The number of nitrogens with zero attached hydrogens (tertiary/aromatic N) is 1. The number of para-hydroxylation sites is 1. The van der Waals surface area contributed by atoms with Crippen LogP contribution in [0.1, 0.15) is 13.8 Å². The summed E-state index contributed by atoms with van der Waals surface area (Å²) in [5.74, 6) is -0.328. The average molecular weight is 235 g/mol. The number of anilines is 1. The van der Waals surface area contributed by atoms with Gasteiger partial charge >= 0.3 is 0 Å². The van der Waals surface area contributed by atoms with Crippen LogP contribution in [-0.4, -0.2) is 24.5 Å². The molecule has 0 aromatic heterocycles. The van der Waals surface area contributed by atoms with Crippen LogP contribution in [0.3, 0.4) is 0 Å². The molecular formula is C12H17N3O2. The molecule has 0 fully saturated rings. The third-order valence-electron chi connectivity index (χ3n) is 2.27. The van der Waals surface area contributed by atoms with Crippen LogP contribution >= 0.6 is 0 Å². The maximum Gasteiger partial charge on any atom is 0.225 e. The second kappa shape index (κ2) is 6.00. The van der Waals surface area contributed by atoms with Crippen LogP contribution in [0.2, 0.25) is 0 Å². The second-order valence-corrected chi connectivity index (χ2v) is 3.73. The molecule has 1 aromatic carbocycles. The Hall–Kier alpha value is -1.88. The van der Waals surface area contributed by atoms with Gasteiger partial charge in [0.25, 0.3) is 0 Å². The lowest BCUT2D eigenvalue weighted by atomic mass is 10.2. The van der Waals surface area contributed by atoms with Crippen LogP contribution in [0.25, 0.3) is 0 Å². The molecule has 1 atom stereocenters. The number of hydrogen-bond donors (Lipinski definition) is 2. The molecule has 0 heterocycles. The van der Waals surface area contributed by atoms with E-state index in [1.54, 1.807) is 12.1 Å². The van der Waals surface area contributed by atoms with Crippen LogP contribution < -0.4 is 16.0 Å². The minimum atomic E-state index is -0.571. The third-order valence-corrected chi connectivity index (χ3v) is 2.27. The van der Waals surface area contributed by atoms with E-state index in [4.69, 9.17) is 5.73 Å². The number of nitrogens with two attached hydrogens (primary N) is 1. The van der Waals surface area contributed by atoms with Gasteiger partial charge in [0, 0.05) is 19.5 Å². The van der Waals surface area contributed by atoms with E-state index in [9.17, 15) is 9.59 Å². The number of hydrogen-bond acceptors (Lipinski definition) is 3. The van der Waals surface area contributed by atoms with Gasteiger partial charge in [-0.3, -0.25) is 14.5 Å². The zero-order valence-corrected chi connectivity index (χ0v) is 10.0. The van der Waals surface area contributed by atoms with Crippen molar-refractivity contribution < 1.29 is 9.59 Å². The molecule has 3 N–H and O–H groups in total. The molecule has 1 rings (SSSR count). The lowest BCUT2D eigenvalue weighted by molar-refractivity contribution is -0.120. The summed E-state index contributed by atoms with van der Waals surface area (Å²) in [5, 5.41) is 2.59. The quantitative estimate of drug-likeness (QED) is 0.744. The maximum absolute atomic E-state index is 11.6. The molecule has 2 amide bonds. The lowest BCUT2D eigenvalue weighted by Gasteiger charge is -2.28. The van der Waals surface area contributed by atoms with E-state index in [0.29, 0.717) is 0 Å². The smallest absolute Gasteiger partial charge is 0.225 e. The van der Waals surface area contributed by atoms with Crippen molar-refractivity contribution in [3.63, 3.8) is 0 Å². The summed E-state index contributed by atoms with van der Waals surface area (Å²) in [6, 6.07) is 9.12. The van der Waals surface area contributed by atoms with Crippen molar-refractivity contribution in [2.24, 2.45) is 5.73 Å². The summed E-state index contributed by atoms with van der Waals surface area (Å²) in [5.41, 5.74) is 6.61. The molecular weight excluding hydrogens is 218 g/mol. The van der Waals surface area contributed by atoms with Gasteiger partial charge in [0.05, 0.1) is 6.54 Å². The molecule has 0 aliphatic carbocycles. The zero-order valence-electron chi connectivity index (χ0n) is 10.0. The lowest BCUT2D eigenvalue weighted by Crippen LogP contribution is -2.51. The number of amides is 2. The molecule has 17 heavy (non-hydrogen) atoms. The molecule has 0 aliphatic heterocycles. The summed E-state index contributed by atoms with van der Waals surface area (Å²) in [4.78, 5) is 23.8. The van der Waals surface area contributed by atoms with Crippen LogP contribution in [0.4, 0.5) is 5.69 Å². The fraction of sp³-hybridized carbons (Fsp3) is 0.333. The Morgan fingerprint density at radius 3 is 2.35 bits per heavy atom. The van der Waals surface area contributed by atoms with Gasteiger partial charge in [-0.25, -0.2) is 0 Å². The highest BCUT2D eigenvalue weighted by atomic mass is 16.2. The minimum absolute atomic E-state index is 0.158. The topological polar surface area (TPSA) is 75.4 Å². The largest absolute Gasteiger partial charge is 0.353 e. The Labute approximate surface area is 101 Å². The van der Waals surface area contributed by atoms with Gasteiger partial charge < -0.3 is 11.1 Å². The molecule has 0 saturated heterocycles. The van der Waals surface area contributed by atoms with Gasteiger partial charge in [-0.05, 0) is 12.1 Å². The number of rotatable bonds is 4. The number of carbonyl (C=O) groups excluding carboxylic acids is 2. The van der Waals surface area contributed by atoms with Crippen molar-refractivity contribution in [3.05, 3.63) is 30.3 Å². The van der Waals surface area contributed by atoms with Crippen LogP contribution in [0.15, 0.2) is 30.3 Å². The third kappa shape index (κ3) is 3.88. The summed E-state index contributed by atoms with van der Waals surface area (Å²) in [6.07, 6.45) is -0.571. The highest BCUT2D eigenvalue weighted by Crippen LogP contribution is 2.14. The highest BCUT2D eigenvalue weighted by molar-refractivity contribution is 5.92. The molecule has 5 nitrogen and oxygen atoms in total. The molecule has 92 valence electrons. The van der Waals surface area contributed by atoms with Crippen LogP contribution in [-0.2, 0) is 9.59 Å². The van der Waals surface area contributed by atoms with Gasteiger partial charge in [0.2, 0.25) is 11.8 Å². The Bertz CT molecular complexity index is 392. The van der Waals surface area contributed by atoms with Crippen molar-refractivity contribution >= 4 is 17.5 Å². The summed E-state index contributed by atoms with van der Waals surface area (Å²) >= 11 is 0. The molecule has 5 heteroatoms. The first-order valence-electron chi connectivity index (χ1n) is 5.37. The van der Waals surface area contributed by atoms with E-state index in [-0.39, 0.29) is 18.4 Å². The maximum atomic E-state index is 11.6. The molecule has 0 radical (unpaired) electrons. The van der Waals surface area contributed by atoms with E-state index in [1.807, 2.05) is 18.2 Å². The van der Waals surface area contributed by atoms with E-state index >= 15 is 0 Å². The van der Waals surface area contributed by atoms with Crippen LogP contribution in [0, 0.1) is 0 Å². The van der Waals surface area contributed by atoms with E-state index < -0.39 is 6.17 Å². The number of benzene rings is 1. The summed E-state index contributed by atoms with van der Waals surface area (Å²) in [7, 11) is 0. The molecule has 0 bridgehead atoms. The standard InChI is InChI=1S/C12H17N3O2/c1-9(16)14-8-12(13)15(10(2)17)11-6-4-3-5-7-11/h3-7,12H,8,13H2,1-2H3,(H,14,16). The van der Waals surface area contributed by atoms with Crippen molar-refractivity contribution in [1.29, 1.82) is 0 Å². The Morgan fingerprint density at radius 2 is 1.88 bits per heavy atom. The molecule has 1 aromatic rings. The first-order chi connectivity index (χ1) is 8.02. The van der Waals surface area contributed by atoms with Gasteiger partial charge in [0.15, 0.2) is 0 Å². The predicted octanol–water partition coefficient (Wildman–Crippen LogP) is 0.460. The van der Waals surface area contributed by atoms with E-state index in [0.717, 1.165) is 5.69 Å². The Morgan fingerprint density at radius 1 is 1.29 bits per heavy atom. The molecule has 0 saturated carbocycles. The monoisotopic (exact) mass is 235 g/mol. The fourth-order valence-electron chi connectivity index (χ4n) is 1.53. The SMILES string of the molecule is CC(=O)NCC(N)N(C(C)=O)c1ccccc1. The first kappa shape index (κ1) is 13.2. The van der Waals surface area contributed by atoms with Gasteiger partial charge in [-0.2, -0.15) is 0 Å². The number of nitrogens with one attached hydrogen (secondary N) is 1. The normalized spacial score (nSPS) is 11.7. The number of carbonyl (C=O) groups is 2. The Balaban J connectivity index is 2.79. The molecule has 0 aliphatic rings. The Kier molecular flexibility index (Phi) is 4.66. The van der Waals surface area contributed by atoms with E-state index in [1.165, 1.54) is 18.7 Å². The average Bonchev–Trinajstić information content (AvgIpc) is 2.27. The second-order valence-electron chi connectivity index (χ2n) is 3.73. The zero-order chi connectivity index (χ0) is 12.8. The van der Waals surface area contributed by atoms with Gasteiger partial charge in [-0.15, -0.1) is 0 Å².